The lowest BCUT2D eigenvalue weighted by Gasteiger charge is -2.11. The number of nitrogens with one attached hydrogen (secondary N) is 2. The van der Waals surface area contributed by atoms with Gasteiger partial charge in [-0.05, 0) is 61.8 Å². The average Bonchev–Trinajstić information content (AvgIpc) is 3.31. The molecule has 29 heavy (non-hydrogen) atoms. The number of carbonyl (C=O) groups is 1. The summed E-state index contributed by atoms with van der Waals surface area (Å²) in [6.07, 6.45) is 4.22. The molecule has 5 nitrogen and oxygen atoms in total. The van der Waals surface area contributed by atoms with E-state index in [1.165, 1.54) is 28.9 Å². The second-order valence-electron chi connectivity index (χ2n) is 7.88. The maximum Gasteiger partial charge on any atom is 0.263 e. The average molecular weight is 409 g/mol. The Morgan fingerprint density at radius 1 is 1.21 bits per heavy atom. The van der Waals surface area contributed by atoms with E-state index in [1.807, 2.05) is 26.1 Å². The van der Waals surface area contributed by atoms with Gasteiger partial charge in [0.15, 0.2) is 0 Å². The Bertz CT molecular complexity index is 1010. The third-order valence-corrected chi connectivity index (χ3v) is 6.87. The van der Waals surface area contributed by atoms with Gasteiger partial charge >= 0.3 is 0 Å². The zero-order valence-electron chi connectivity index (χ0n) is 17.0. The molecule has 4 N–H and O–H groups in total. The third kappa shape index (κ3) is 4.28. The Balaban J connectivity index is 1.37. The van der Waals surface area contributed by atoms with E-state index < -0.39 is 0 Å². The van der Waals surface area contributed by atoms with Crippen molar-refractivity contribution < 1.29 is 4.79 Å². The minimum atomic E-state index is -0.0495. The number of aryl methyl sites for hydroxylation is 1. The summed E-state index contributed by atoms with van der Waals surface area (Å²) in [5.41, 5.74) is 10.5. The van der Waals surface area contributed by atoms with E-state index in [1.54, 1.807) is 0 Å². The van der Waals surface area contributed by atoms with E-state index in [0.717, 1.165) is 40.9 Å². The fourth-order valence-electron chi connectivity index (χ4n) is 4.16. The molecule has 1 aliphatic rings. The topological polar surface area (TPSA) is 80.0 Å². The Hall–Kier alpha value is -2.44. The third-order valence-electron chi connectivity index (χ3n) is 5.77. The van der Waals surface area contributed by atoms with Gasteiger partial charge < -0.3 is 16.4 Å². The molecule has 152 valence electrons. The van der Waals surface area contributed by atoms with Crippen LogP contribution in [0, 0.1) is 6.92 Å². The molecule has 0 saturated heterocycles. The van der Waals surface area contributed by atoms with Gasteiger partial charge in [-0.25, -0.2) is 4.98 Å². The number of nitrogens with two attached hydrogens (primary N) is 1. The van der Waals surface area contributed by atoms with Gasteiger partial charge in [-0.2, -0.15) is 0 Å². The van der Waals surface area contributed by atoms with Crippen molar-refractivity contribution in [1.29, 1.82) is 0 Å². The number of aromatic nitrogens is 1. The van der Waals surface area contributed by atoms with Crippen LogP contribution in [0.1, 0.15) is 51.7 Å². The van der Waals surface area contributed by atoms with E-state index >= 15 is 0 Å². The van der Waals surface area contributed by atoms with Crippen molar-refractivity contribution >= 4 is 33.1 Å². The van der Waals surface area contributed by atoms with E-state index in [9.17, 15) is 4.79 Å². The highest BCUT2D eigenvalue weighted by atomic mass is 32.1. The highest BCUT2D eigenvalue weighted by Gasteiger charge is 2.23. The van der Waals surface area contributed by atoms with E-state index in [0.29, 0.717) is 23.4 Å². The zero-order chi connectivity index (χ0) is 20.4. The van der Waals surface area contributed by atoms with Gasteiger partial charge in [0.1, 0.15) is 9.71 Å². The molecule has 2 heterocycles. The zero-order valence-corrected chi connectivity index (χ0v) is 17.8. The van der Waals surface area contributed by atoms with E-state index in [-0.39, 0.29) is 5.91 Å². The van der Waals surface area contributed by atoms with Crippen LogP contribution in [-0.4, -0.2) is 30.5 Å². The van der Waals surface area contributed by atoms with Crippen molar-refractivity contribution in [2.45, 2.75) is 44.6 Å². The van der Waals surface area contributed by atoms with Crippen LogP contribution in [0.3, 0.4) is 0 Å². The van der Waals surface area contributed by atoms with Crippen LogP contribution in [0.5, 0.6) is 0 Å². The highest BCUT2D eigenvalue weighted by molar-refractivity contribution is 7.21. The number of carbonyl (C=O) groups excluding carboxylic acids is 1. The highest BCUT2D eigenvalue weighted by Crippen LogP contribution is 2.35. The molecule has 2 aromatic heterocycles. The monoisotopic (exact) mass is 408 g/mol. The minimum Gasteiger partial charge on any atom is -0.386 e. The van der Waals surface area contributed by atoms with Gasteiger partial charge in [0.2, 0.25) is 0 Å². The van der Waals surface area contributed by atoms with Crippen molar-refractivity contribution in [2.24, 2.45) is 5.73 Å². The van der Waals surface area contributed by atoms with E-state index in [2.05, 4.69) is 39.9 Å². The molecule has 6 heteroatoms. The van der Waals surface area contributed by atoms with E-state index in [4.69, 9.17) is 5.73 Å². The summed E-state index contributed by atoms with van der Waals surface area (Å²) in [5.74, 6) is 0.551. The molecule has 2 unspecified atom stereocenters. The number of hydrogen-bond donors (Lipinski definition) is 3. The standard InChI is InChI=1S/C23H28N4OS/c1-14-3-10-19-20(25-2)21(29-23(19)27-14)22(28)26-12-11-15-4-6-16(7-5-15)17-8-9-18(24)13-17/h3-7,10,17-18,25H,8-9,11-13,24H2,1-2H3,(H,26,28). The molecule has 0 radical (unpaired) electrons. The normalized spacial score (nSPS) is 18.9. The lowest BCUT2D eigenvalue weighted by molar-refractivity contribution is 0.0959. The van der Waals surface area contributed by atoms with Crippen LogP contribution in [0.25, 0.3) is 10.2 Å². The largest absolute Gasteiger partial charge is 0.386 e. The van der Waals surface area contributed by atoms with Gasteiger partial charge in [-0.3, -0.25) is 4.79 Å². The molecule has 1 fully saturated rings. The number of hydrogen-bond acceptors (Lipinski definition) is 5. The van der Waals surface area contributed by atoms with Gasteiger partial charge in [-0.15, -0.1) is 11.3 Å². The summed E-state index contributed by atoms with van der Waals surface area (Å²) in [6.45, 7) is 2.57. The maximum absolute atomic E-state index is 12.7. The van der Waals surface area contributed by atoms with Gasteiger partial charge in [-0.1, -0.05) is 24.3 Å². The summed E-state index contributed by atoms with van der Waals surface area (Å²) >= 11 is 1.44. The number of amides is 1. The molecule has 3 aromatic rings. The van der Waals surface area contributed by atoms with Gasteiger partial charge in [0.25, 0.3) is 5.91 Å². The summed E-state index contributed by atoms with van der Waals surface area (Å²) in [4.78, 5) is 18.9. The van der Waals surface area contributed by atoms with Crippen molar-refractivity contribution in [1.82, 2.24) is 10.3 Å². The molecular formula is C23H28N4OS. The Morgan fingerprint density at radius 3 is 2.69 bits per heavy atom. The lowest BCUT2D eigenvalue weighted by Crippen LogP contribution is -2.25. The maximum atomic E-state index is 12.7. The predicted molar refractivity (Wildman–Crippen MR) is 121 cm³/mol. The Kier molecular flexibility index (Phi) is 5.83. The van der Waals surface area contributed by atoms with Crippen molar-refractivity contribution in [3.63, 3.8) is 0 Å². The first-order valence-corrected chi connectivity index (χ1v) is 11.1. The summed E-state index contributed by atoms with van der Waals surface area (Å²) in [5, 5.41) is 7.22. The molecule has 0 aliphatic heterocycles. The number of thiophene rings is 1. The number of fused-ring (bicyclic) bond motifs is 1. The van der Waals surface area contributed by atoms with Gasteiger partial charge in [0, 0.05) is 30.7 Å². The summed E-state index contributed by atoms with van der Waals surface area (Å²) in [7, 11) is 1.84. The first-order valence-electron chi connectivity index (χ1n) is 10.3. The second kappa shape index (κ2) is 8.51. The first-order chi connectivity index (χ1) is 14.0. The molecule has 1 aliphatic carbocycles. The smallest absolute Gasteiger partial charge is 0.263 e. The Morgan fingerprint density at radius 2 is 2.00 bits per heavy atom. The quantitative estimate of drug-likeness (QED) is 0.571. The molecule has 1 aromatic carbocycles. The SMILES string of the molecule is CNc1c(C(=O)NCCc2ccc(C3CCC(N)C3)cc2)sc2nc(C)ccc12. The molecule has 1 saturated carbocycles. The van der Waals surface area contributed by atoms with Crippen LogP contribution in [0.4, 0.5) is 5.69 Å². The minimum absolute atomic E-state index is 0.0495. The Labute approximate surface area is 175 Å². The van der Waals surface area contributed by atoms with Crippen molar-refractivity contribution in [3.8, 4) is 0 Å². The first kappa shape index (κ1) is 19.9. The fourth-order valence-corrected chi connectivity index (χ4v) is 5.30. The number of benzene rings is 1. The molecular weight excluding hydrogens is 380 g/mol. The van der Waals surface area contributed by atoms with Crippen LogP contribution in [0.2, 0.25) is 0 Å². The number of rotatable bonds is 6. The molecule has 4 rings (SSSR count). The summed E-state index contributed by atoms with van der Waals surface area (Å²) < 4.78 is 0. The van der Waals surface area contributed by atoms with Crippen LogP contribution in [0.15, 0.2) is 36.4 Å². The predicted octanol–water partition coefficient (Wildman–Crippen LogP) is 4.21. The van der Waals surface area contributed by atoms with Crippen LogP contribution < -0.4 is 16.4 Å². The van der Waals surface area contributed by atoms with Crippen LogP contribution in [-0.2, 0) is 6.42 Å². The van der Waals surface area contributed by atoms with Crippen molar-refractivity contribution in [2.75, 3.05) is 18.9 Å². The molecule has 2 atom stereocenters. The number of nitrogens with zero attached hydrogens (tertiary/aromatic N) is 1. The fraction of sp³-hybridized carbons (Fsp3) is 0.391. The van der Waals surface area contributed by atoms with Gasteiger partial charge in [0.05, 0.1) is 5.69 Å². The molecule has 0 spiro atoms. The second-order valence-corrected chi connectivity index (χ2v) is 8.88. The summed E-state index contributed by atoms with van der Waals surface area (Å²) in [6, 6.07) is 13.1. The number of pyridine rings is 1. The number of anilines is 1. The molecule has 0 bridgehead atoms. The lowest BCUT2D eigenvalue weighted by atomic mass is 9.96. The molecule has 1 amide bonds. The van der Waals surface area contributed by atoms with Crippen LogP contribution >= 0.6 is 11.3 Å². The van der Waals surface area contributed by atoms with Crippen molar-refractivity contribution in [3.05, 3.63) is 58.1 Å².